The zero-order valence-corrected chi connectivity index (χ0v) is 18.4. The van der Waals surface area contributed by atoms with Gasteiger partial charge in [-0.05, 0) is 24.9 Å². The van der Waals surface area contributed by atoms with Gasteiger partial charge in [0.25, 0.3) is 0 Å². The molecule has 2 aliphatic heterocycles. The third-order valence-electron chi connectivity index (χ3n) is 5.24. The van der Waals surface area contributed by atoms with Gasteiger partial charge in [0.15, 0.2) is 0 Å². The number of benzene rings is 1. The van der Waals surface area contributed by atoms with Gasteiger partial charge in [-0.1, -0.05) is 30.3 Å². The molecule has 35 heavy (non-hydrogen) atoms. The standard InChI is InChI=1S/C19H24N4O5.C2HF3O2/c24-16(25)9-14-19(28)23(11-12-5-2-1-3-6-12)15(18(27)22-14)10-21-17(26)13-7-4-8-20-13;3-2(4,5)1(6)7/h1-3,5-6,13-15,20H,4,7-11H2,(H,21,26)(H,22,27)(H,24,25);(H,6,7)/t13-,14+,15+;/m1./s1. The Morgan fingerprint density at radius 2 is 1.74 bits per heavy atom. The Labute approximate surface area is 197 Å². The van der Waals surface area contributed by atoms with Crippen LogP contribution in [0.25, 0.3) is 0 Å². The van der Waals surface area contributed by atoms with Crippen LogP contribution >= 0.6 is 0 Å². The van der Waals surface area contributed by atoms with Crippen LogP contribution in [0.2, 0.25) is 0 Å². The molecular formula is C21H25F3N4O7. The van der Waals surface area contributed by atoms with Crippen LogP contribution in [0.5, 0.6) is 0 Å². The fourth-order valence-corrected chi connectivity index (χ4v) is 3.54. The first-order chi connectivity index (χ1) is 16.4. The highest BCUT2D eigenvalue weighted by Crippen LogP contribution is 2.17. The van der Waals surface area contributed by atoms with Gasteiger partial charge < -0.3 is 31.1 Å². The largest absolute Gasteiger partial charge is 0.490 e. The van der Waals surface area contributed by atoms with Crippen molar-refractivity contribution in [2.24, 2.45) is 0 Å². The van der Waals surface area contributed by atoms with Crippen LogP contribution in [0.4, 0.5) is 13.2 Å². The van der Waals surface area contributed by atoms with E-state index in [1.165, 1.54) is 4.90 Å². The summed E-state index contributed by atoms with van der Waals surface area (Å²) in [5.41, 5.74) is 0.813. The smallest absolute Gasteiger partial charge is 0.481 e. The molecule has 1 aromatic rings. The highest BCUT2D eigenvalue weighted by Gasteiger charge is 2.41. The Hall–Kier alpha value is -3.68. The SMILES string of the molecule is O=C(O)C(F)(F)F.O=C(O)C[C@@H]1NC(=O)[C@H](CNC(=O)[C@H]2CCCN2)N(Cc2ccccc2)C1=O. The molecule has 5 N–H and O–H groups in total. The van der Waals surface area contributed by atoms with E-state index in [0.717, 1.165) is 24.9 Å². The van der Waals surface area contributed by atoms with Gasteiger partial charge in [-0.15, -0.1) is 0 Å². The summed E-state index contributed by atoms with van der Waals surface area (Å²) in [6.07, 6.45) is -3.92. The number of aliphatic carboxylic acids is 2. The summed E-state index contributed by atoms with van der Waals surface area (Å²) in [7, 11) is 0. The van der Waals surface area contributed by atoms with Gasteiger partial charge in [0.1, 0.15) is 12.1 Å². The molecule has 3 rings (SSSR count). The first-order valence-electron chi connectivity index (χ1n) is 10.6. The number of nitrogens with zero attached hydrogens (tertiary/aromatic N) is 1. The van der Waals surface area contributed by atoms with Crippen molar-refractivity contribution in [3.8, 4) is 0 Å². The zero-order chi connectivity index (χ0) is 26.2. The van der Waals surface area contributed by atoms with Crippen LogP contribution in [-0.4, -0.2) is 82.2 Å². The fourth-order valence-electron chi connectivity index (χ4n) is 3.54. The molecule has 0 spiro atoms. The summed E-state index contributed by atoms with van der Waals surface area (Å²) < 4.78 is 31.7. The van der Waals surface area contributed by atoms with E-state index >= 15 is 0 Å². The molecule has 0 aromatic heterocycles. The third-order valence-corrected chi connectivity index (χ3v) is 5.24. The molecule has 11 nitrogen and oxygen atoms in total. The lowest BCUT2D eigenvalue weighted by atomic mass is 10.0. The van der Waals surface area contributed by atoms with E-state index in [4.69, 9.17) is 15.0 Å². The maximum absolute atomic E-state index is 12.8. The number of carbonyl (C=O) groups is 5. The van der Waals surface area contributed by atoms with Gasteiger partial charge in [0, 0.05) is 13.1 Å². The van der Waals surface area contributed by atoms with Gasteiger partial charge in [0.2, 0.25) is 17.7 Å². The van der Waals surface area contributed by atoms with Crippen LogP contribution in [-0.2, 0) is 30.5 Å². The Balaban J connectivity index is 0.000000540. The molecule has 0 saturated carbocycles. The molecule has 0 unspecified atom stereocenters. The monoisotopic (exact) mass is 502 g/mol. The summed E-state index contributed by atoms with van der Waals surface area (Å²) in [6, 6.07) is 6.83. The van der Waals surface area contributed by atoms with E-state index in [1.54, 1.807) is 0 Å². The number of alkyl halides is 3. The van der Waals surface area contributed by atoms with Crippen LogP contribution < -0.4 is 16.0 Å². The molecule has 1 aromatic carbocycles. The number of carbonyl (C=O) groups excluding carboxylic acids is 3. The summed E-state index contributed by atoms with van der Waals surface area (Å²) in [5, 5.41) is 24.5. The van der Waals surface area contributed by atoms with E-state index < -0.39 is 48.4 Å². The molecule has 0 radical (unpaired) electrons. The number of halogens is 3. The third kappa shape index (κ3) is 8.24. The normalized spacial score (nSPS) is 22.0. The van der Waals surface area contributed by atoms with Crippen molar-refractivity contribution in [2.75, 3.05) is 13.1 Å². The summed E-state index contributed by atoms with van der Waals surface area (Å²) in [6.45, 7) is 0.907. The summed E-state index contributed by atoms with van der Waals surface area (Å²) in [4.78, 5) is 59.0. The Bertz CT molecular complexity index is 937. The molecule has 14 heteroatoms. The molecule has 2 aliphatic rings. The second-order valence-corrected chi connectivity index (χ2v) is 7.82. The van der Waals surface area contributed by atoms with Gasteiger partial charge in [-0.25, -0.2) is 4.79 Å². The van der Waals surface area contributed by atoms with Gasteiger partial charge in [-0.3, -0.25) is 19.2 Å². The Morgan fingerprint density at radius 1 is 1.11 bits per heavy atom. The molecule has 2 fully saturated rings. The molecule has 0 aliphatic carbocycles. The molecule has 3 atom stereocenters. The minimum Gasteiger partial charge on any atom is -0.481 e. The minimum atomic E-state index is -5.08. The van der Waals surface area contributed by atoms with Crippen molar-refractivity contribution in [2.45, 2.75) is 50.1 Å². The number of hydrogen-bond acceptors (Lipinski definition) is 6. The highest BCUT2D eigenvalue weighted by molar-refractivity contribution is 5.99. The van der Waals surface area contributed by atoms with Gasteiger partial charge in [0.05, 0.1) is 12.5 Å². The van der Waals surface area contributed by atoms with Crippen LogP contribution in [0.1, 0.15) is 24.8 Å². The minimum absolute atomic E-state index is 0.0266. The van der Waals surface area contributed by atoms with Gasteiger partial charge >= 0.3 is 18.1 Å². The van der Waals surface area contributed by atoms with Crippen molar-refractivity contribution in [3.05, 3.63) is 35.9 Å². The van der Waals surface area contributed by atoms with Crippen molar-refractivity contribution >= 4 is 29.7 Å². The summed E-state index contributed by atoms with van der Waals surface area (Å²) >= 11 is 0. The van der Waals surface area contributed by atoms with E-state index in [1.807, 2.05) is 30.3 Å². The predicted molar refractivity (Wildman–Crippen MR) is 113 cm³/mol. The van der Waals surface area contributed by atoms with Crippen molar-refractivity contribution in [3.63, 3.8) is 0 Å². The number of nitrogens with one attached hydrogen (secondary N) is 3. The predicted octanol–water partition coefficient (Wildman–Crippen LogP) is -0.142. The lowest BCUT2D eigenvalue weighted by Crippen LogP contribution is -2.66. The molecule has 3 amide bonds. The fraction of sp³-hybridized carbons (Fsp3) is 0.476. The van der Waals surface area contributed by atoms with E-state index in [0.29, 0.717) is 0 Å². The maximum atomic E-state index is 12.8. The molecule has 0 bridgehead atoms. The average molecular weight is 502 g/mol. The number of carboxylic acid groups (broad SMARTS) is 2. The first kappa shape index (κ1) is 27.6. The molecule has 2 heterocycles. The Kier molecular flexibility index (Phi) is 9.57. The van der Waals surface area contributed by atoms with Crippen LogP contribution in [0.3, 0.4) is 0 Å². The van der Waals surface area contributed by atoms with Crippen molar-refractivity contribution in [1.82, 2.24) is 20.9 Å². The summed E-state index contributed by atoms with van der Waals surface area (Å²) in [5.74, 6) is -5.07. The zero-order valence-electron chi connectivity index (χ0n) is 18.4. The maximum Gasteiger partial charge on any atom is 0.490 e. The topological polar surface area (TPSA) is 165 Å². The van der Waals surface area contributed by atoms with Gasteiger partial charge in [-0.2, -0.15) is 13.2 Å². The number of amides is 3. The van der Waals surface area contributed by atoms with Crippen molar-refractivity contribution in [1.29, 1.82) is 0 Å². The number of carboxylic acids is 2. The van der Waals surface area contributed by atoms with E-state index in [2.05, 4.69) is 16.0 Å². The van der Waals surface area contributed by atoms with Crippen LogP contribution in [0, 0.1) is 0 Å². The number of piperazine rings is 1. The average Bonchev–Trinajstić information content (AvgIpc) is 3.32. The van der Waals surface area contributed by atoms with E-state index in [9.17, 15) is 32.3 Å². The lowest BCUT2D eigenvalue weighted by Gasteiger charge is -2.38. The highest BCUT2D eigenvalue weighted by atomic mass is 19.4. The van der Waals surface area contributed by atoms with E-state index in [-0.39, 0.29) is 25.0 Å². The number of hydrogen-bond donors (Lipinski definition) is 5. The Morgan fingerprint density at radius 3 is 2.26 bits per heavy atom. The van der Waals surface area contributed by atoms with Crippen LogP contribution in [0.15, 0.2) is 30.3 Å². The molecule has 2 saturated heterocycles. The second kappa shape index (κ2) is 12.1. The molecular weight excluding hydrogens is 477 g/mol. The second-order valence-electron chi connectivity index (χ2n) is 7.82. The lowest BCUT2D eigenvalue weighted by molar-refractivity contribution is -0.192. The van der Waals surface area contributed by atoms with Crippen molar-refractivity contribution < 1.29 is 47.4 Å². The number of rotatable bonds is 7. The first-order valence-corrected chi connectivity index (χ1v) is 10.6. The molecule has 192 valence electrons. The quantitative estimate of drug-likeness (QED) is 0.344.